The Morgan fingerprint density at radius 3 is 2.79 bits per heavy atom. The predicted octanol–water partition coefficient (Wildman–Crippen LogP) is 2.05. The number of aromatic nitrogens is 1. The molecule has 2 aromatic rings. The molecule has 2 aliphatic rings. The first-order chi connectivity index (χ1) is 14.0. The molecule has 0 bridgehead atoms. The Kier molecular flexibility index (Phi) is 5.07. The number of anilines is 1. The number of hydrogen-bond acceptors (Lipinski definition) is 5. The number of carbonyl (C=O) groups is 4. The number of nitrogens with zero attached hydrogens (tertiary/aromatic N) is 2. The minimum Gasteiger partial charge on any atom is -0.334 e. The van der Waals surface area contributed by atoms with E-state index in [1.807, 2.05) is 12.1 Å². The van der Waals surface area contributed by atoms with E-state index < -0.39 is 12.1 Å². The summed E-state index contributed by atoms with van der Waals surface area (Å²) in [6.07, 6.45) is 2.21. The van der Waals surface area contributed by atoms with Crippen molar-refractivity contribution in [3.63, 3.8) is 0 Å². The molecule has 1 aromatic carbocycles. The molecule has 8 nitrogen and oxygen atoms in total. The van der Waals surface area contributed by atoms with E-state index in [-0.39, 0.29) is 30.4 Å². The van der Waals surface area contributed by atoms with E-state index in [1.165, 1.54) is 0 Å². The van der Waals surface area contributed by atoms with Crippen molar-refractivity contribution in [3.05, 3.63) is 59.3 Å². The van der Waals surface area contributed by atoms with Crippen molar-refractivity contribution in [2.24, 2.45) is 0 Å². The number of pyridine rings is 1. The van der Waals surface area contributed by atoms with Crippen molar-refractivity contribution in [3.8, 4) is 0 Å². The van der Waals surface area contributed by atoms with Crippen molar-refractivity contribution < 1.29 is 19.2 Å². The lowest BCUT2D eigenvalue weighted by atomic mass is 9.92. The van der Waals surface area contributed by atoms with Crippen LogP contribution in [-0.2, 0) is 22.7 Å². The van der Waals surface area contributed by atoms with Crippen LogP contribution in [0.5, 0.6) is 0 Å². The van der Waals surface area contributed by atoms with Crippen molar-refractivity contribution >= 4 is 29.3 Å². The van der Waals surface area contributed by atoms with Gasteiger partial charge in [0.15, 0.2) is 5.78 Å². The predicted molar refractivity (Wildman–Crippen MR) is 104 cm³/mol. The van der Waals surface area contributed by atoms with E-state index in [0.29, 0.717) is 30.8 Å². The van der Waals surface area contributed by atoms with Gasteiger partial charge in [-0.1, -0.05) is 18.2 Å². The summed E-state index contributed by atoms with van der Waals surface area (Å²) in [6, 6.07) is 9.73. The van der Waals surface area contributed by atoms with Crippen LogP contribution < -0.4 is 10.6 Å². The average molecular weight is 392 g/mol. The minimum atomic E-state index is -0.529. The number of carbonyl (C=O) groups excluding carboxylic acids is 4. The van der Waals surface area contributed by atoms with Crippen molar-refractivity contribution in [1.29, 1.82) is 0 Å². The van der Waals surface area contributed by atoms with Crippen LogP contribution in [0.3, 0.4) is 0 Å². The number of fused-ring (bicyclic) bond motifs is 1. The molecule has 148 valence electrons. The number of nitrogens with one attached hydrogen (secondary N) is 2. The second kappa shape index (κ2) is 7.83. The standard InChI is InChI=1S/C21H20N4O4/c26-15-6-7-17(18(27)10-15)25-12-14-5-4-13(9-16(14)20(25)28)11-23-21(29)24-19-3-1-2-8-22-19/h1-5,8-9,17H,6-7,10-12H2,(H2,22,23,24,29). The molecule has 2 N–H and O–H groups in total. The van der Waals surface area contributed by atoms with Gasteiger partial charge in [0.05, 0.1) is 12.5 Å². The average Bonchev–Trinajstić information content (AvgIpc) is 3.03. The highest BCUT2D eigenvalue weighted by Crippen LogP contribution is 2.29. The summed E-state index contributed by atoms with van der Waals surface area (Å²) >= 11 is 0. The van der Waals surface area contributed by atoms with E-state index in [2.05, 4.69) is 15.6 Å². The number of amides is 3. The van der Waals surface area contributed by atoms with Crippen LogP contribution >= 0.6 is 0 Å². The largest absolute Gasteiger partial charge is 0.334 e. The third-order valence-electron chi connectivity index (χ3n) is 5.18. The second-order valence-corrected chi connectivity index (χ2v) is 7.18. The molecular weight excluding hydrogens is 372 g/mol. The molecular formula is C21H20N4O4. The van der Waals surface area contributed by atoms with Crippen LogP contribution in [0.15, 0.2) is 42.6 Å². The first-order valence-corrected chi connectivity index (χ1v) is 9.44. The maximum atomic E-state index is 12.8. The van der Waals surface area contributed by atoms with Gasteiger partial charge < -0.3 is 10.2 Å². The smallest absolute Gasteiger partial charge is 0.320 e. The lowest BCUT2D eigenvalue weighted by Gasteiger charge is -2.29. The molecule has 8 heteroatoms. The maximum Gasteiger partial charge on any atom is 0.320 e. The Morgan fingerprint density at radius 1 is 1.17 bits per heavy atom. The summed E-state index contributed by atoms with van der Waals surface area (Å²) in [5.74, 6) is -0.00358. The molecule has 2 heterocycles. The van der Waals surface area contributed by atoms with Gasteiger partial charge in [0.2, 0.25) is 0 Å². The topological polar surface area (TPSA) is 108 Å². The Bertz CT molecular complexity index is 989. The fourth-order valence-electron chi connectivity index (χ4n) is 3.70. The van der Waals surface area contributed by atoms with Crippen molar-refractivity contribution in [2.45, 2.75) is 38.4 Å². The highest BCUT2D eigenvalue weighted by Gasteiger charge is 2.38. The molecule has 1 saturated carbocycles. The second-order valence-electron chi connectivity index (χ2n) is 7.18. The summed E-state index contributed by atoms with van der Waals surface area (Å²) in [4.78, 5) is 54.1. The van der Waals surface area contributed by atoms with Gasteiger partial charge in [-0.25, -0.2) is 9.78 Å². The lowest BCUT2D eigenvalue weighted by molar-refractivity contribution is -0.133. The highest BCUT2D eigenvalue weighted by molar-refractivity contribution is 6.07. The number of rotatable bonds is 4. The summed E-state index contributed by atoms with van der Waals surface area (Å²) in [7, 11) is 0. The van der Waals surface area contributed by atoms with Gasteiger partial charge in [-0.3, -0.25) is 19.7 Å². The molecule has 29 heavy (non-hydrogen) atoms. The van der Waals surface area contributed by atoms with Crippen LogP contribution in [0.25, 0.3) is 0 Å². The van der Waals surface area contributed by atoms with E-state index >= 15 is 0 Å². The SMILES string of the molecule is O=C1CCC(N2Cc3ccc(CNC(=O)Nc4ccccn4)cc3C2=O)C(=O)C1. The maximum absolute atomic E-state index is 12.8. The number of hydrogen-bond donors (Lipinski definition) is 2. The van der Waals surface area contributed by atoms with Gasteiger partial charge in [-0.2, -0.15) is 0 Å². The zero-order chi connectivity index (χ0) is 20.4. The van der Waals surface area contributed by atoms with Crippen molar-refractivity contribution in [1.82, 2.24) is 15.2 Å². The Balaban J connectivity index is 1.39. The first-order valence-electron chi connectivity index (χ1n) is 9.44. The molecule has 1 unspecified atom stereocenters. The molecule has 3 amide bonds. The summed E-state index contributed by atoms with van der Waals surface area (Å²) in [5.41, 5.74) is 2.17. The normalized spacial score (nSPS) is 18.6. The van der Waals surface area contributed by atoms with Crippen LogP contribution in [0.1, 0.15) is 40.7 Å². The third kappa shape index (κ3) is 4.01. The molecule has 1 atom stereocenters. The van der Waals surface area contributed by atoms with Crippen molar-refractivity contribution in [2.75, 3.05) is 5.32 Å². The number of Topliss-reactive ketones (excluding diaryl/α,β-unsaturated/α-hetero) is 2. The van der Waals surface area contributed by atoms with E-state index in [0.717, 1.165) is 11.1 Å². The number of benzene rings is 1. The number of urea groups is 1. The van der Waals surface area contributed by atoms with Crippen LogP contribution in [0, 0.1) is 0 Å². The van der Waals surface area contributed by atoms with Gasteiger partial charge in [-0.05, 0) is 35.7 Å². The fourth-order valence-corrected chi connectivity index (χ4v) is 3.70. The number of ketones is 2. The van der Waals surface area contributed by atoms with Gasteiger partial charge in [-0.15, -0.1) is 0 Å². The van der Waals surface area contributed by atoms with Gasteiger partial charge in [0.25, 0.3) is 5.91 Å². The summed E-state index contributed by atoms with van der Waals surface area (Å²) < 4.78 is 0. The van der Waals surface area contributed by atoms with E-state index in [9.17, 15) is 19.2 Å². The molecule has 0 saturated heterocycles. The Labute approximate surface area is 167 Å². The Morgan fingerprint density at radius 2 is 2.03 bits per heavy atom. The zero-order valence-electron chi connectivity index (χ0n) is 15.7. The van der Waals surface area contributed by atoms with Crippen LogP contribution in [0.2, 0.25) is 0 Å². The highest BCUT2D eigenvalue weighted by atomic mass is 16.2. The summed E-state index contributed by atoms with van der Waals surface area (Å²) in [6.45, 7) is 0.614. The van der Waals surface area contributed by atoms with Crippen LogP contribution in [-0.4, -0.2) is 39.4 Å². The van der Waals surface area contributed by atoms with Gasteiger partial charge >= 0.3 is 6.03 Å². The summed E-state index contributed by atoms with van der Waals surface area (Å²) in [5, 5.41) is 5.36. The minimum absolute atomic E-state index is 0.0623. The van der Waals surface area contributed by atoms with Crippen LogP contribution in [0.4, 0.5) is 10.6 Å². The Hall–Kier alpha value is -3.55. The van der Waals surface area contributed by atoms with Gasteiger partial charge in [0, 0.05) is 31.3 Å². The fraction of sp³-hybridized carbons (Fsp3) is 0.286. The molecule has 1 aromatic heterocycles. The van der Waals surface area contributed by atoms with Gasteiger partial charge in [0.1, 0.15) is 11.6 Å². The van der Waals surface area contributed by atoms with E-state index in [4.69, 9.17) is 0 Å². The molecule has 4 rings (SSSR count). The molecule has 1 aliphatic carbocycles. The van der Waals surface area contributed by atoms with E-state index in [1.54, 1.807) is 35.4 Å². The third-order valence-corrected chi connectivity index (χ3v) is 5.18. The first kappa shape index (κ1) is 18.8. The quantitative estimate of drug-likeness (QED) is 0.774. The zero-order valence-corrected chi connectivity index (χ0v) is 15.7. The molecule has 1 aliphatic heterocycles. The molecule has 0 radical (unpaired) electrons. The monoisotopic (exact) mass is 392 g/mol. The molecule has 1 fully saturated rings. The lowest BCUT2D eigenvalue weighted by Crippen LogP contribution is -2.44. The molecule has 0 spiro atoms.